The monoisotopic (exact) mass is 227 g/mol. The van der Waals surface area contributed by atoms with Crippen molar-refractivity contribution in [3.63, 3.8) is 0 Å². The lowest BCUT2D eigenvalue weighted by molar-refractivity contribution is 0.251. The Morgan fingerprint density at radius 1 is 1.38 bits per heavy atom. The molecular formula is C10H11F2N3O. The highest BCUT2D eigenvalue weighted by Crippen LogP contribution is 2.24. The Kier molecular flexibility index (Phi) is 2.64. The van der Waals surface area contributed by atoms with Crippen molar-refractivity contribution in [1.29, 1.82) is 0 Å². The maximum Gasteiger partial charge on any atom is 0.319 e. The van der Waals surface area contributed by atoms with E-state index in [1.807, 2.05) is 0 Å². The molecular weight excluding hydrogens is 216 g/mol. The molecule has 0 atom stereocenters. The van der Waals surface area contributed by atoms with Crippen LogP contribution in [0.3, 0.4) is 0 Å². The fourth-order valence-electron chi connectivity index (χ4n) is 1.29. The maximum atomic E-state index is 13.3. The molecule has 0 heterocycles. The molecule has 1 aliphatic carbocycles. The van der Waals surface area contributed by atoms with Gasteiger partial charge in [0.25, 0.3) is 0 Å². The van der Waals surface area contributed by atoms with Gasteiger partial charge in [-0.1, -0.05) is 0 Å². The average Bonchev–Trinajstić information content (AvgIpc) is 2.95. The van der Waals surface area contributed by atoms with Gasteiger partial charge in [0.15, 0.2) is 5.82 Å². The summed E-state index contributed by atoms with van der Waals surface area (Å²) in [6, 6.07) is 1.25. The summed E-state index contributed by atoms with van der Waals surface area (Å²) in [5.74, 6) is -1.66. The summed E-state index contributed by atoms with van der Waals surface area (Å²) in [7, 11) is 0. The Hall–Kier alpha value is -1.85. The van der Waals surface area contributed by atoms with Crippen molar-refractivity contribution in [2.75, 3.05) is 11.1 Å². The molecule has 1 aromatic rings. The number of nitrogens with one attached hydrogen (secondary N) is 2. The third kappa shape index (κ3) is 2.39. The normalized spacial score (nSPS) is 14.6. The first-order chi connectivity index (χ1) is 7.56. The van der Waals surface area contributed by atoms with Gasteiger partial charge in [-0.2, -0.15) is 0 Å². The zero-order valence-corrected chi connectivity index (χ0v) is 8.39. The van der Waals surface area contributed by atoms with E-state index in [-0.39, 0.29) is 17.4 Å². The van der Waals surface area contributed by atoms with Gasteiger partial charge in [-0.25, -0.2) is 13.6 Å². The Bertz CT molecular complexity index is 409. The molecule has 2 rings (SSSR count). The second-order valence-electron chi connectivity index (χ2n) is 3.72. The van der Waals surface area contributed by atoms with Gasteiger partial charge < -0.3 is 16.4 Å². The summed E-state index contributed by atoms with van der Waals surface area (Å²) in [6.45, 7) is 0. The molecule has 1 aliphatic rings. The predicted molar refractivity (Wildman–Crippen MR) is 55.9 cm³/mol. The average molecular weight is 227 g/mol. The quantitative estimate of drug-likeness (QED) is 0.675. The van der Waals surface area contributed by atoms with Crippen LogP contribution in [0.25, 0.3) is 0 Å². The van der Waals surface area contributed by atoms with Crippen molar-refractivity contribution < 1.29 is 13.6 Å². The van der Waals surface area contributed by atoms with Crippen LogP contribution in [0.4, 0.5) is 25.0 Å². The van der Waals surface area contributed by atoms with Gasteiger partial charge in [0, 0.05) is 12.1 Å². The van der Waals surface area contributed by atoms with Gasteiger partial charge in [0.05, 0.1) is 5.69 Å². The minimum atomic E-state index is -0.886. The Balaban J connectivity index is 2.10. The minimum absolute atomic E-state index is 0.136. The first-order valence-electron chi connectivity index (χ1n) is 4.88. The second-order valence-corrected chi connectivity index (χ2v) is 3.72. The highest BCUT2D eigenvalue weighted by Gasteiger charge is 2.24. The van der Waals surface area contributed by atoms with E-state index in [2.05, 4.69) is 10.6 Å². The van der Waals surface area contributed by atoms with Crippen LogP contribution in [0.5, 0.6) is 0 Å². The molecule has 0 spiro atoms. The number of carbonyl (C=O) groups excluding carboxylic acids is 1. The number of carbonyl (C=O) groups is 1. The molecule has 4 N–H and O–H groups in total. The maximum absolute atomic E-state index is 13.3. The predicted octanol–water partition coefficient (Wildman–Crippen LogP) is 1.83. The van der Waals surface area contributed by atoms with E-state index in [0.29, 0.717) is 6.07 Å². The van der Waals surface area contributed by atoms with Crippen LogP contribution in [0, 0.1) is 11.6 Å². The summed E-state index contributed by atoms with van der Waals surface area (Å²) in [6.07, 6.45) is 1.85. The summed E-state index contributed by atoms with van der Waals surface area (Å²) in [5, 5.41) is 4.87. The van der Waals surface area contributed by atoms with E-state index >= 15 is 0 Å². The second kappa shape index (κ2) is 3.96. The number of hydrogen-bond donors (Lipinski definition) is 3. The lowest BCUT2D eigenvalue weighted by atomic mass is 10.2. The first-order valence-corrected chi connectivity index (χ1v) is 4.88. The number of hydrogen-bond acceptors (Lipinski definition) is 2. The smallest absolute Gasteiger partial charge is 0.319 e. The first kappa shape index (κ1) is 10.7. The fourth-order valence-corrected chi connectivity index (χ4v) is 1.29. The van der Waals surface area contributed by atoms with Crippen LogP contribution in [0.2, 0.25) is 0 Å². The van der Waals surface area contributed by atoms with Gasteiger partial charge >= 0.3 is 6.03 Å². The summed E-state index contributed by atoms with van der Waals surface area (Å²) >= 11 is 0. The van der Waals surface area contributed by atoms with E-state index < -0.39 is 17.7 Å². The third-order valence-corrected chi connectivity index (χ3v) is 2.24. The number of nitrogens with two attached hydrogens (primary N) is 1. The molecule has 4 nitrogen and oxygen atoms in total. The van der Waals surface area contributed by atoms with Gasteiger partial charge in [0.2, 0.25) is 0 Å². The van der Waals surface area contributed by atoms with E-state index in [0.717, 1.165) is 18.9 Å². The molecule has 1 fully saturated rings. The zero-order valence-electron chi connectivity index (χ0n) is 8.39. The molecule has 6 heteroatoms. The zero-order chi connectivity index (χ0) is 11.7. The molecule has 2 amide bonds. The van der Waals surface area contributed by atoms with Gasteiger partial charge in [-0.05, 0) is 18.9 Å². The van der Waals surface area contributed by atoms with Crippen molar-refractivity contribution in [2.45, 2.75) is 18.9 Å². The van der Waals surface area contributed by atoms with Crippen LogP contribution in [-0.4, -0.2) is 12.1 Å². The number of anilines is 2. The lowest BCUT2D eigenvalue weighted by Crippen LogP contribution is -2.31. The number of benzene rings is 1. The molecule has 1 aromatic carbocycles. The van der Waals surface area contributed by atoms with Crippen molar-refractivity contribution in [3.05, 3.63) is 23.8 Å². The number of halogens is 2. The van der Waals surface area contributed by atoms with Crippen LogP contribution >= 0.6 is 0 Å². The molecule has 86 valence electrons. The molecule has 1 saturated carbocycles. The van der Waals surface area contributed by atoms with Crippen LogP contribution in [-0.2, 0) is 0 Å². The molecule has 0 aromatic heterocycles. The molecule has 0 aliphatic heterocycles. The summed E-state index contributed by atoms with van der Waals surface area (Å²) in [4.78, 5) is 11.3. The van der Waals surface area contributed by atoms with Crippen molar-refractivity contribution in [3.8, 4) is 0 Å². The van der Waals surface area contributed by atoms with Gasteiger partial charge in [0.1, 0.15) is 11.5 Å². The number of rotatable bonds is 2. The van der Waals surface area contributed by atoms with Crippen LogP contribution < -0.4 is 16.4 Å². The fraction of sp³-hybridized carbons (Fsp3) is 0.300. The number of amides is 2. The van der Waals surface area contributed by atoms with Gasteiger partial charge in [-0.15, -0.1) is 0 Å². The van der Waals surface area contributed by atoms with Crippen LogP contribution in [0.1, 0.15) is 12.8 Å². The lowest BCUT2D eigenvalue weighted by Gasteiger charge is -2.10. The summed E-state index contributed by atoms with van der Waals surface area (Å²) in [5.41, 5.74) is 5.06. The Labute approximate surface area is 90.8 Å². The Morgan fingerprint density at radius 2 is 2.06 bits per heavy atom. The topological polar surface area (TPSA) is 67.1 Å². The van der Waals surface area contributed by atoms with E-state index in [1.165, 1.54) is 0 Å². The van der Waals surface area contributed by atoms with Crippen molar-refractivity contribution >= 4 is 17.4 Å². The minimum Gasteiger partial charge on any atom is -0.397 e. The van der Waals surface area contributed by atoms with E-state index in [4.69, 9.17) is 5.73 Å². The Morgan fingerprint density at radius 3 is 2.62 bits per heavy atom. The molecule has 0 radical (unpaired) electrons. The number of nitrogen functional groups attached to an aromatic ring is 1. The molecule has 0 bridgehead atoms. The summed E-state index contributed by atoms with van der Waals surface area (Å²) < 4.78 is 26.0. The van der Waals surface area contributed by atoms with Crippen LogP contribution in [0.15, 0.2) is 12.1 Å². The number of urea groups is 1. The molecule has 0 unspecified atom stereocenters. The molecule has 0 saturated heterocycles. The SMILES string of the molecule is Nc1cc(F)cc(F)c1NC(=O)NC1CC1. The van der Waals surface area contributed by atoms with E-state index in [9.17, 15) is 13.6 Å². The highest BCUT2D eigenvalue weighted by atomic mass is 19.1. The third-order valence-electron chi connectivity index (χ3n) is 2.24. The molecule has 16 heavy (non-hydrogen) atoms. The van der Waals surface area contributed by atoms with Crippen molar-refractivity contribution in [1.82, 2.24) is 5.32 Å². The highest BCUT2D eigenvalue weighted by molar-refractivity contribution is 5.93. The van der Waals surface area contributed by atoms with E-state index in [1.54, 1.807) is 0 Å². The standard InChI is InChI=1S/C10H11F2N3O/c11-5-3-7(12)9(8(13)4-5)15-10(16)14-6-1-2-6/h3-4,6H,1-2,13H2,(H2,14,15,16). The largest absolute Gasteiger partial charge is 0.397 e. The van der Waals surface area contributed by atoms with Gasteiger partial charge in [-0.3, -0.25) is 0 Å². The van der Waals surface area contributed by atoms with Crippen molar-refractivity contribution in [2.24, 2.45) is 0 Å².